The molecule has 10 heavy (non-hydrogen) atoms. The first-order valence-electron chi connectivity index (χ1n) is 2.92. The summed E-state index contributed by atoms with van der Waals surface area (Å²) in [5, 5.41) is 9.22. The Labute approximate surface area is 57.4 Å². The minimum Gasteiger partial charge on any atom is -0.369 e. The summed E-state index contributed by atoms with van der Waals surface area (Å²) in [6.45, 7) is 0.201. The Kier molecular flexibility index (Phi) is 1.58. The van der Waals surface area contributed by atoms with Crippen LogP contribution in [0.15, 0.2) is 0 Å². The number of nitrogens with zero attached hydrogens (tertiary/aromatic N) is 1. The first kappa shape index (κ1) is 7.01. The summed E-state index contributed by atoms with van der Waals surface area (Å²) < 4.78 is 0. The van der Waals surface area contributed by atoms with E-state index < -0.39 is 17.7 Å². The van der Waals surface area contributed by atoms with E-state index in [9.17, 15) is 9.59 Å². The summed E-state index contributed by atoms with van der Waals surface area (Å²) in [7, 11) is 0. The lowest BCUT2D eigenvalue weighted by molar-refractivity contribution is -0.161. The summed E-state index contributed by atoms with van der Waals surface area (Å²) >= 11 is 0. The maximum Gasteiger partial charge on any atom is 0.258 e. The molecule has 1 unspecified atom stereocenters. The lowest BCUT2D eigenvalue weighted by Crippen LogP contribution is -2.31. The molecule has 5 heteroatoms. The fraction of sp³-hybridized carbons (Fsp3) is 0.600. The van der Waals surface area contributed by atoms with Crippen LogP contribution in [0.1, 0.15) is 6.42 Å². The molecule has 2 amide bonds. The van der Waals surface area contributed by atoms with Crippen molar-refractivity contribution >= 4 is 11.8 Å². The minimum absolute atomic E-state index is 0.201. The Balaban J connectivity index is 2.66. The predicted octanol–water partition coefficient (Wildman–Crippen LogP) is -1.29. The monoisotopic (exact) mass is 144 g/mol. The molecule has 5 nitrogen and oxygen atoms in total. The highest BCUT2D eigenvalue weighted by Gasteiger charge is 2.34. The van der Waals surface area contributed by atoms with E-state index >= 15 is 0 Å². The van der Waals surface area contributed by atoms with Gasteiger partial charge in [0.15, 0.2) is 0 Å². The molecule has 1 atom stereocenters. The average molecular weight is 144 g/mol. The zero-order valence-corrected chi connectivity index (χ0v) is 5.28. The second-order valence-electron chi connectivity index (χ2n) is 2.21. The van der Waals surface area contributed by atoms with Gasteiger partial charge in [0.05, 0.1) is 0 Å². The van der Waals surface area contributed by atoms with Crippen LogP contribution in [0.5, 0.6) is 0 Å². The lowest BCUT2D eigenvalue weighted by atomic mass is 10.1. The first-order chi connectivity index (χ1) is 4.63. The number of rotatable bonds is 1. The first-order valence-corrected chi connectivity index (χ1v) is 2.92. The van der Waals surface area contributed by atoms with Crippen LogP contribution < -0.4 is 5.73 Å². The van der Waals surface area contributed by atoms with Gasteiger partial charge in [0.2, 0.25) is 5.91 Å². The largest absolute Gasteiger partial charge is 0.369 e. The van der Waals surface area contributed by atoms with Crippen LogP contribution in [0.2, 0.25) is 0 Å². The smallest absolute Gasteiger partial charge is 0.258 e. The Morgan fingerprint density at radius 2 is 2.40 bits per heavy atom. The number of nitrogens with two attached hydrogens (primary N) is 1. The van der Waals surface area contributed by atoms with Gasteiger partial charge in [-0.25, -0.2) is 5.06 Å². The molecule has 1 aliphatic rings. The lowest BCUT2D eigenvalue weighted by Gasteiger charge is -2.04. The molecule has 1 heterocycles. The Bertz CT molecular complexity index is 180. The molecule has 0 radical (unpaired) electrons. The van der Waals surface area contributed by atoms with Gasteiger partial charge < -0.3 is 5.73 Å². The van der Waals surface area contributed by atoms with Crippen LogP contribution in [-0.2, 0) is 9.59 Å². The molecule has 1 fully saturated rings. The van der Waals surface area contributed by atoms with Crippen molar-refractivity contribution < 1.29 is 14.8 Å². The standard InChI is InChI=1S/C5H8N2O3/c6-4(8)3-1-2-7(10)5(3)9/h3,10H,1-2H2,(H2,6,8). The molecule has 3 N–H and O–H groups in total. The number of primary amides is 1. The van der Waals surface area contributed by atoms with Crippen molar-refractivity contribution in [3.63, 3.8) is 0 Å². The van der Waals surface area contributed by atoms with Crippen LogP contribution in [0, 0.1) is 5.92 Å². The summed E-state index contributed by atoms with van der Waals surface area (Å²) in [6.07, 6.45) is 0.324. The average Bonchev–Trinajstić information content (AvgIpc) is 2.14. The SMILES string of the molecule is NC(=O)C1CCN(O)C1=O. The van der Waals surface area contributed by atoms with Crippen molar-refractivity contribution in [3.8, 4) is 0 Å². The topological polar surface area (TPSA) is 83.6 Å². The van der Waals surface area contributed by atoms with Crippen LogP contribution in [-0.4, -0.2) is 28.6 Å². The van der Waals surface area contributed by atoms with E-state index in [1.807, 2.05) is 0 Å². The van der Waals surface area contributed by atoms with E-state index in [4.69, 9.17) is 10.9 Å². The normalized spacial score (nSPS) is 25.5. The van der Waals surface area contributed by atoms with Crippen LogP contribution in [0.3, 0.4) is 0 Å². The summed E-state index contributed by atoms with van der Waals surface area (Å²) in [5.74, 6) is -2.07. The maximum absolute atomic E-state index is 10.7. The zero-order chi connectivity index (χ0) is 7.72. The van der Waals surface area contributed by atoms with E-state index in [0.717, 1.165) is 0 Å². The molecular weight excluding hydrogens is 136 g/mol. The molecular formula is C5H8N2O3. The third kappa shape index (κ3) is 0.950. The summed E-state index contributed by atoms with van der Waals surface area (Å²) in [4.78, 5) is 21.1. The van der Waals surface area contributed by atoms with Gasteiger partial charge in [-0.1, -0.05) is 0 Å². The number of amides is 2. The summed E-state index contributed by atoms with van der Waals surface area (Å²) in [5.41, 5.74) is 4.85. The van der Waals surface area contributed by atoms with Crippen LogP contribution in [0.4, 0.5) is 0 Å². The Morgan fingerprint density at radius 1 is 1.80 bits per heavy atom. The van der Waals surface area contributed by atoms with Crippen molar-refractivity contribution in [1.82, 2.24) is 5.06 Å². The van der Waals surface area contributed by atoms with Gasteiger partial charge in [-0.2, -0.15) is 0 Å². The van der Waals surface area contributed by atoms with Gasteiger partial charge in [0.25, 0.3) is 5.91 Å². The Morgan fingerprint density at radius 3 is 2.60 bits per heavy atom. The van der Waals surface area contributed by atoms with Crippen molar-refractivity contribution in [2.24, 2.45) is 11.7 Å². The number of carbonyl (C=O) groups is 2. The van der Waals surface area contributed by atoms with E-state index in [0.29, 0.717) is 11.5 Å². The highest BCUT2D eigenvalue weighted by Crippen LogP contribution is 2.14. The molecule has 1 saturated heterocycles. The van der Waals surface area contributed by atoms with E-state index in [-0.39, 0.29) is 6.54 Å². The molecule has 0 aliphatic carbocycles. The summed E-state index contributed by atoms with van der Waals surface area (Å²) in [6, 6.07) is 0. The number of hydrogen-bond acceptors (Lipinski definition) is 3. The number of carbonyl (C=O) groups excluding carboxylic acids is 2. The number of hydrogen-bond donors (Lipinski definition) is 2. The van der Waals surface area contributed by atoms with Gasteiger partial charge in [-0.05, 0) is 6.42 Å². The predicted molar refractivity (Wildman–Crippen MR) is 30.8 cm³/mol. The Hall–Kier alpha value is -1.10. The van der Waals surface area contributed by atoms with Crippen molar-refractivity contribution in [2.45, 2.75) is 6.42 Å². The molecule has 1 aliphatic heterocycles. The molecule has 0 aromatic rings. The van der Waals surface area contributed by atoms with Gasteiger partial charge in [-0.3, -0.25) is 14.8 Å². The van der Waals surface area contributed by atoms with E-state index in [2.05, 4.69) is 0 Å². The highest BCUT2D eigenvalue weighted by molar-refractivity contribution is 6.00. The third-order valence-corrected chi connectivity index (χ3v) is 1.53. The van der Waals surface area contributed by atoms with Gasteiger partial charge in [-0.15, -0.1) is 0 Å². The van der Waals surface area contributed by atoms with E-state index in [1.165, 1.54) is 0 Å². The van der Waals surface area contributed by atoms with Gasteiger partial charge in [0.1, 0.15) is 5.92 Å². The fourth-order valence-electron chi connectivity index (χ4n) is 0.929. The van der Waals surface area contributed by atoms with Crippen LogP contribution in [0.25, 0.3) is 0 Å². The van der Waals surface area contributed by atoms with Crippen LogP contribution >= 0.6 is 0 Å². The number of hydroxylamine groups is 2. The van der Waals surface area contributed by atoms with E-state index in [1.54, 1.807) is 0 Å². The molecule has 56 valence electrons. The quantitative estimate of drug-likeness (QED) is 0.354. The third-order valence-electron chi connectivity index (χ3n) is 1.53. The molecule has 0 aromatic carbocycles. The molecule has 0 bridgehead atoms. The van der Waals surface area contributed by atoms with Crippen molar-refractivity contribution in [3.05, 3.63) is 0 Å². The van der Waals surface area contributed by atoms with Crippen molar-refractivity contribution in [2.75, 3.05) is 6.54 Å². The fourth-order valence-corrected chi connectivity index (χ4v) is 0.929. The zero-order valence-electron chi connectivity index (χ0n) is 5.28. The highest BCUT2D eigenvalue weighted by atomic mass is 16.5. The molecule has 0 spiro atoms. The van der Waals surface area contributed by atoms with Crippen molar-refractivity contribution in [1.29, 1.82) is 0 Å². The maximum atomic E-state index is 10.7. The second-order valence-corrected chi connectivity index (χ2v) is 2.21. The second kappa shape index (κ2) is 2.26. The minimum atomic E-state index is -0.815. The molecule has 0 saturated carbocycles. The van der Waals surface area contributed by atoms with Gasteiger partial charge in [0, 0.05) is 6.54 Å². The molecule has 0 aromatic heterocycles. The molecule has 1 rings (SSSR count). The van der Waals surface area contributed by atoms with Gasteiger partial charge >= 0.3 is 0 Å².